The van der Waals surface area contributed by atoms with Crippen molar-refractivity contribution in [3.05, 3.63) is 59.7 Å². The highest BCUT2D eigenvalue weighted by Crippen LogP contribution is 2.11. The van der Waals surface area contributed by atoms with Crippen molar-refractivity contribution in [3.63, 3.8) is 0 Å². The predicted molar refractivity (Wildman–Crippen MR) is 84.7 cm³/mol. The lowest BCUT2D eigenvalue weighted by molar-refractivity contribution is 0.0299. The van der Waals surface area contributed by atoms with Crippen LogP contribution in [0.15, 0.2) is 42.6 Å². The number of hydrogen-bond acceptors (Lipinski definition) is 4. The van der Waals surface area contributed by atoms with E-state index in [9.17, 15) is 9.18 Å². The largest absolute Gasteiger partial charge is 0.380 e. The van der Waals surface area contributed by atoms with Crippen LogP contribution in [0.5, 0.6) is 0 Å². The summed E-state index contributed by atoms with van der Waals surface area (Å²) >= 11 is 0. The molecule has 120 valence electrons. The minimum absolute atomic E-state index is 0.0709. The number of nitrogens with one attached hydrogen (secondary N) is 1. The Hall–Kier alpha value is -2.47. The summed E-state index contributed by atoms with van der Waals surface area (Å²) < 4.78 is 18.1. The Balaban J connectivity index is 1.58. The van der Waals surface area contributed by atoms with Gasteiger partial charge in [-0.15, -0.1) is 0 Å². The van der Waals surface area contributed by atoms with Crippen LogP contribution in [0.4, 0.5) is 10.1 Å². The lowest BCUT2D eigenvalue weighted by Gasteiger charge is -2.26. The molecule has 5 nitrogen and oxygen atoms in total. The van der Waals surface area contributed by atoms with Gasteiger partial charge in [-0.3, -0.25) is 4.79 Å². The van der Waals surface area contributed by atoms with E-state index in [1.807, 2.05) is 6.07 Å². The van der Waals surface area contributed by atoms with Crippen LogP contribution in [0.2, 0.25) is 0 Å². The maximum atomic E-state index is 12.8. The van der Waals surface area contributed by atoms with Gasteiger partial charge in [-0.2, -0.15) is 0 Å². The Labute approximate surface area is 134 Å². The van der Waals surface area contributed by atoms with Crippen molar-refractivity contribution in [3.8, 4) is 0 Å². The zero-order chi connectivity index (χ0) is 16.1. The fraction of sp³-hybridized carbons (Fsp3) is 0.294. The van der Waals surface area contributed by atoms with E-state index in [1.165, 1.54) is 12.1 Å². The van der Waals surface area contributed by atoms with Gasteiger partial charge in [0, 0.05) is 19.6 Å². The number of carbonyl (C=O) groups excluding carboxylic acids is 1. The minimum atomic E-state index is -0.249. The summed E-state index contributed by atoms with van der Waals surface area (Å²) in [6, 6.07) is 9.85. The summed E-state index contributed by atoms with van der Waals surface area (Å²) in [5, 5.41) is 3.20. The topological polar surface area (TPSA) is 54.5 Å². The van der Waals surface area contributed by atoms with Crippen LogP contribution in [-0.4, -0.2) is 42.1 Å². The van der Waals surface area contributed by atoms with Crippen molar-refractivity contribution in [2.24, 2.45) is 0 Å². The van der Waals surface area contributed by atoms with Gasteiger partial charge in [0.25, 0.3) is 5.91 Å². The van der Waals surface area contributed by atoms with Gasteiger partial charge in [0.05, 0.1) is 25.1 Å². The van der Waals surface area contributed by atoms with Gasteiger partial charge < -0.3 is 15.0 Å². The fourth-order valence-electron chi connectivity index (χ4n) is 2.36. The molecule has 1 saturated heterocycles. The molecule has 1 amide bonds. The smallest absolute Gasteiger partial charge is 0.272 e. The Morgan fingerprint density at radius 2 is 1.91 bits per heavy atom. The van der Waals surface area contributed by atoms with Crippen LogP contribution in [-0.2, 0) is 11.3 Å². The number of aromatic nitrogens is 1. The molecule has 1 aliphatic rings. The number of nitrogens with zero attached hydrogens (tertiary/aromatic N) is 2. The predicted octanol–water partition coefficient (Wildman–Crippen LogP) is 2.31. The number of halogens is 1. The highest BCUT2D eigenvalue weighted by Gasteiger charge is 2.19. The van der Waals surface area contributed by atoms with Gasteiger partial charge >= 0.3 is 0 Å². The zero-order valence-corrected chi connectivity index (χ0v) is 12.7. The molecule has 3 rings (SSSR count). The van der Waals surface area contributed by atoms with Crippen LogP contribution in [0.3, 0.4) is 0 Å². The molecule has 1 N–H and O–H groups in total. The Kier molecular flexibility index (Phi) is 4.83. The number of hydrogen-bond donors (Lipinski definition) is 1. The van der Waals surface area contributed by atoms with Gasteiger partial charge in [-0.25, -0.2) is 9.37 Å². The Morgan fingerprint density at radius 1 is 1.17 bits per heavy atom. The van der Waals surface area contributed by atoms with Crippen molar-refractivity contribution < 1.29 is 13.9 Å². The first kappa shape index (κ1) is 15.4. The van der Waals surface area contributed by atoms with Crippen molar-refractivity contribution in [1.82, 2.24) is 9.88 Å². The molecular formula is C17H18FN3O2. The molecule has 0 unspecified atom stereocenters. The van der Waals surface area contributed by atoms with E-state index >= 15 is 0 Å². The normalized spacial score (nSPS) is 14.6. The fourth-order valence-corrected chi connectivity index (χ4v) is 2.36. The summed E-state index contributed by atoms with van der Waals surface area (Å²) in [6.45, 7) is 2.92. The van der Waals surface area contributed by atoms with Gasteiger partial charge in [0.15, 0.2) is 0 Å². The third-order valence-corrected chi connectivity index (χ3v) is 3.69. The average molecular weight is 315 g/mol. The van der Waals surface area contributed by atoms with E-state index in [-0.39, 0.29) is 11.7 Å². The van der Waals surface area contributed by atoms with Crippen LogP contribution in [0.1, 0.15) is 16.1 Å². The van der Waals surface area contributed by atoms with E-state index in [0.29, 0.717) is 38.5 Å². The molecule has 1 aliphatic heterocycles. The number of benzene rings is 1. The second-order valence-electron chi connectivity index (χ2n) is 5.32. The average Bonchev–Trinajstić information content (AvgIpc) is 2.62. The monoisotopic (exact) mass is 315 g/mol. The molecule has 23 heavy (non-hydrogen) atoms. The highest BCUT2D eigenvalue weighted by molar-refractivity contribution is 5.92. The van der Waals surface area contributed by atoms with E-state index in [4.69, 9.17) is 4.74 Å². The number of pyridine rings is 1. The van der Waals surface area contributed by atoms with Crippen molar-refractivity contribution in [1.29, 1.82) is 0 Å². The van der Waals surface area contributed by atoms with Crippen LogP contribution in [0, 0.1) is 5.82 Å². The maximum absolute atomic E-state index is 12.8. The summed E-state index contributed by atoms with van der Waals surface area (Å²) in [5.74, 6) is -0.320. The first-order valence-corrected chi connectivity index (χ1v) is 7.54. The minimum Gasteiger partial charge on any atom is -0.380 e. The molecule has 0 saturated carbocycles. The van der Waals surface area contributed by atoms with E-state index in [0.717, 1.165) is 11.3 Å². The SMILES string of the molecule is O=C(c1ccc(NCc2ccc(F)cc2)cn1)N1CCOCC1. The van der Waals surface area contributed by atoms with Gasteiger partial charge in [0.1, 0.15) is 11.5 Å². The molecule has 1 aromatic carbocycles. The quantitative estimate of drug-likeness (QED) is 0.941. The standard InChI is InChI=1S/C17H18FN3O2/c18-14-3-1-13(2-4-14)11-19-15-5-6-16(20-12-15)17(22)21-7-9-23-10-8-21/h1-6,12,19H,7-11H2. The second kappa shape index (κ2) is 7.19. The van der Waals surface area contributed by atoms with Gasteiger partial charge in [-0.05, 0) is 29.8 Å². The summed E-state index contributed by atoms with van der Waals surface area (Å²) in [7, 11) is 0. The second-order valence-corrected chi connectivity index (χ2v) is 5.32. The number of rotatable bonds is 4. The third kappa shape index (κ3) is 4.04. The maximum Gasteiger partial charge on any atom is 0.272 e. The first-order valence-electron chi connectivity index (χ1n) is 7.54. The Morgan fingerprint density at radius 3 is 2.57 bits per heavy atom. The van der Waals surface area contributed by atoms with Crippen LogP contribution in [0.25, 0.3) is 0 Å². The molecule has 0 atom stereocenters. The molecule has 2 aromatic rings. The first-order chi connectivity index (χ1) is 11.2. The molecule has 1 fully saturated rings. The Bertz CT molecular complexity index is 653. The number of amides is 1. The molecule has 0 radical (unpaired) electrons. The third-order valence-electron chi connectivity index (χ3n) is 3.69. The number of carbonyl (C=O) groups is 1. The van der Waals surface area contributed by atoms with E-state index in [1.54, 1.807) is 29.3 Å². The summed E-state index contributed by atoms with van der Waals surface area (Å²) in [6.07, 6.45) is 1.64. The van der Waals surface area contributed by atoms with Crippen LogP contribution >= 0.6 is 0 Å². The molecular weight excluding hydrogens is 297 g/mol. The van der Waals surface area contributed by atoms with Gasteiger partial charge in [0.2, 0.25) is 0 Å². The van der Waals surface area contributed by atoms with Crippen molar-refractivity contribution in [2.75, 3.05) is 31.6 Å². The summed E-state index contributed by atoms with van der Waals surface area (Å²) in [4.78, 5) is 18.2. The van der Waals surface area contributed by atoms with E-state index < -0.39 is 0 Å². The number of anilines is 1. The summed E-state index contributed by atoms with van der Waals surface area (Å²) in [5.41, 5.74) is 2.21. The van der Waals surface area contributed by atoms with Gasteiger partial charge in [-0.1, -0.05) is 12.1 Å². The highest BCUT2D eigenvalue weighted by atomic mass is 19.1. The van der Waals surface area contributed by atoms with Crippen molar-refractivity contribution in [2.45, 2.75) is 6.54 Å². The number of ether oxygens (including phenoxy) is 1. The zero-order valence-electron chi connectivity index (χ0n) is 12.7. The number of morpholine rings is 1. The van der Waals surface area contributed by atoms with Crippen molar-refractivity contribution >= 4 is 11.6 Å². The van der Waals surface area contributed by atoms with Crippen LogP contribution < -0.4 is 5.32 Å². The molecule has 1 aromatic heterocycles. The lowest BCUT2D eigenvalue weighted by Crippen LogP contribution is -2.41. The molecule has 2 heterocycles. The molecule has 0 aliphatic carbocycles. The van der Waals surface area contributed by atoms with E-state index in [2.05, 4.69) is 10.3 Å². The molecule has 0 bridgehead atoms. The molecule has 0 spiro atoms. The molecule has 6 heteroatoms. The lowest BCUT2D eigenvalue weighted by atomic mass is 10.2.